The average Bonchev–Trinajstić information content (AvgIpc) is 2.49. The number of methoxy groups -OCH3 is 1. The van der Waals surface area contributed by atoms with Crippen molar-refractivity contribution in [2.75, 3.05) is 7.11 Å². The molecule has 118 valence electrons. The molecule has 0 aliphatic heterocycles. The van der Waals surface area contributed by atoms with Gasteiger partial charge in [0.1, 0.15) is 5.75 Å². The summed E-state index contributed by atoms with van der Waals surface area (Å²) in [4.78, 5) is 23.7. The highest BCUT2D eigenvalue weighted by Crippen LogP contribution is 2.46. The molecule has 1 aromatic rings. The van der Waals surface area contributed by atoms with Gasteiger partial charge in [0.05, 0.1) is 13.0 Å². The van der Waals surface area contributed by atoms with Gasteiger partial charge < -0.3 is 4.74 Å². The van der Waals surface area contributed by atoms with Crippen LogP contribution in [0.15, 0.2) is 35.4 Å². The minimum Gasteiger partial charge on any atom is -0.497 e. The maximum atomic E-state index is 12.2. The predicted octanol–water partition coefficient (Wildman–Crippen LogP) is 3.51. The molecule has 0 radical (unpaired) electrons. The number of carbonyl (C=O) groups is 1. The lowest BCUT2D eigenvalue weighted by Gasteiger charge is -2.36. The molecular weight excluding hydrogens is 282 g/mol. The molecule has 5 nitrogen and oxygen atoms in total. The molecule has 0 spiro atoms. The first-order chi connectivity index (χ1) is 10.3. The Labute approximate surface area is 130 Å². The number of benzene rings is 1. The summed E-state index contributed by atoms with van der Waals surface area (Å²) >= 11 is 0. The van der Waals surface area contributed by atoms with Gasteiger partial charge in [0.2, 0.25) is 5.78 Å². The molecule has 2 rings (SSSR count). The molecule has 1 aromatic carbocycles. The fourth-order valence-electron chi connectivity index (χ4n) is 3.25. The third-order valence-electron chi connectivity index (χ3n) is 4.80. The van der Waals surface area contributed by atoms with E-state index >= 15 is 0 Å². The third kappa shape index (κ3) is 2.51. The zero-order chi connectivity index (χ0) is 16.5. The molecule has 0 saturated carbocycles. The highest BCUT2D eigenvalue weighted by molar-refractivity contribution is 5.86. The fourth-order valence-corrected chi connectivity index (χ4v) is 3.25. The van der Waals surface area contributed by atoms with Crippen molar-refractivity contribution in [2.24, 2.45) is 0 Å². The van der Waals surface area contributed by atoms with Gasteiger partial charge in [0.25, 0.3) is 5.54 Å². The first kappa shape index (κ1) is 16.2. The normalized spacial score (nSPS) is 25.0. The molecule has 5 heteroatoms. The summed E-state index contributed by atoms with van der Waals surface area (Å²) in [7, 11) is 1.57. The number of nitro groups is 1. The average molecular weight is 303 g/mol. The molecule has 0 heterocycles. The van der Waals surface area contributed by atoms with Crippen molar-refractivity contribution in [1.29, 1.82) is 0 Å². The molecule has 22 heavy (non-hydrogen) atoms. The Morgan fingerprint density at radius 3 is 2.32 bits per heavy atom. The Balaban J connectivity index is 2.57. The van der Waals surface area contributed by atoms with Crippen LogP contribution in [0.1, 0.15) is 45.1 Å². The first-order valence-electron chi connectivity index (χ1n) is 7.27. The van der Waals surface area contributed by atoms with Crippen LogP contribution in [0.2, 0.25) is 0 Å². The fraction of sp³-hybridized carbons (Fsp3) is 0.471. The Morgan fingerprint density at radius 1 is 1.27 bits per heavy atom. The number of Topliss-reactive ketones (excluding diaryl/α,β-unsaturated/α-hetero) is 1. The van der Waals surface area contributed by atoms with Gasteiger partial charge in [-0.25, -0.2) is 0 Å². The quantitative estimate of drug-likeness (QED) is 0.485. The van der Waals surface area contributed by atoms with E-state index in [-0.39, 0.29) is 17.1 Å². The maximum Gasteiger partial charge on any atom is 0.289 e. The van der Waals surface area contributed by atoms with Crippen LogP contribution in [0.3, 0.4) is 0 Å². The number of nitrogens with zero attached hydrogens (tertiary/aromatic N) is 1. The van der Waals surface area contributed by atoms with Crippen LogP contribution in [0.25, 0.3) is 0 Å². The van der Waals surface area contributed by atoms with Crippen molar-refractivity contribution < 1.29 is 14.5 Å². The summed E-state index contributed by atoms with van der Waals surface area (Å²) in [6.07, 6.45) is 0.705. The second-order valence-electron chi connectivity index (χ2n) is 6.00. The van der Waals surface area contributed by atoms with Crippen LogP contribution in [-0.4, -0.2) is 23.4 Å². The second-order valence-corrected chi connectivity index (χ2v) is 6.00. The van der Waals surface area contributed by atoms with Crippen molar-refractivity contribution >= 4 is 5.78 Å². The van der Waals surface area contributed by atoms with Gasteiger partial charge in [0.15, 0.2) is 0 Å². The minimum atomic E-state index is -1.57. The summed E-state index contributed by atoms with van der Waals surface area (Å²) in [5, 5.41) is 11.8. The van der Waals surface area contributed by atoms with Crippen LogP contribution in [0, 0.1) is 10.1 Å². The largest absolute Gasteiger partial charge is 0.497 e. The number of ketones is 1. The van der Waals surface area contributed by atoms with E-state index in [4.69, 9.17) is 4.74 Å². The van der Waals surface area contributed by atoms with Gasteiger partial charge >= 0.3 is 0 Å². The number of hydrogen-bond acceptors (Lipinski definition) is 4. The summed E-state index contributed by atoms with van der Waals surface area (Å²) in [5.41, 5.74) is 1.30. The molecule has 0 saturated heterocycles. The monoisotopic (exact) mass is 303 g/mol. The van der Waals surface area contributed by atoms with Gasteiger partial charge in [-0.2, -0.15) is 0 Å². The molecule has 0 aromatic heterocycles. The molecule has 0 fully saturated rings. The number of allylic oxidation sites excluding steroid dienone is 1. The molecular formula is C17H21NO4. The molecule has 0 bridgehead atoms. The van der Waals surface area contributed by atoms with E-state index in [0.29, 0.717) is 12.2 Å². The van der Waals surface area contributed by atoms with E-state index in [1.807, 2.05) is 26.0 Å². The topological polar surface area (TPSA) is 69.4 Å². The predicted molar refractivity (Wildman–Crippen MR) is 83.7 cm³/mol. The van der Waals surface area contributed by atoms with E-state index in [1.165, 1.54) is 6.92 Å². The first-order valence-corrected chi connectivity index (χ1v) is 7.27. The van der Waals surface area contributed by atoms with Gasteiger partial charge in [-0.3, -0.25) is 14.9 Å². The minimum absolute atomic E-state index is 0.178. The van der Waals surface area contributed by atoms with Crippen molar-refractivity contribution in [1.82, 2.24) is 0 Å². The molecule has 1 aliphatic carbocycles. The summed E-state index contributed by atoms with van der Waals surface area (Å²) in [5.74, 6) is -0.141. The number of carbonyl (C=O) groups excluding carboxylic acids is 1. The Hall–Kier alpha value is -2.17. The lowest BCUT2D eigenvalue weighted by molar-refractivity contribution is -0.557. The summed E-state index contributed by atoms with van der Waals surface area (Å²) in [6, 6.07) is 7.19. The highest BCUT2D eigenvalue weighted by Gasteiger charge is 2.57. The van der Waals surface area contributed by atoms with Gasteiger partial charge in [-0.1, -0.05) is 23.3 Å². The van der Waals surface area contributed by atoms with Crippen LogP contribution in [0.5, 0.6) is 5.75 Å². The molecule has 0 amide bonds. The van der Waals surface area contributed by atoms with Crippen molar-refractivity contribution in [3.8, 4) is 5.75 Å². The Kier molecular flexibility index (Phi) is 4.35. The molecule has 1 aliphatic rings. The van der Waals surface area contributed by atoms with Crippen molar-refractivity contribution in [3.05, 3.63) is 51.1 Å². The highest BCUT2D eigenvalue weighted by atomic mass is 16.6. The smallest absolute Gasteiger partial charge is 0.289 e. The molecule has 2 atom stereocenters. The number of ether oxygens (including phenoxy) is 1. The van der Waals surface area contributed by atoms with E-state index < -0.39 is 11.5 Å². The standard InChI is InChI=1S/C17H21NO4/c1-11-9-16(14-5-7-15(22-4)8-6-14)17(13(3)19,18(20)21)10-12(11)2/h5-8,16H,9-10H2,1-4H3. The van der Waals surface area contributed by atoms with E-state index in [2.05, 4.69) is 0 Å². The van der Waals surface area contributed by atoms with Crippen LogP contribution in [0.4, 0.5) is 0 Å². The summed E-state index contributed by atoms with van der Waals surface area (Å²) in [6.45, 7) is 5.18. The number of rotatable bonds is 4. The van der Waals surface area contributed by atoms with Crippen molar-refractivity contribution in [3.63, 3.8) is 0 Å². The van der Waals surface area contributed by atoms with Crippen LogP contribution >= 0.6 is 0 Å². The molecule has 2 unspecified atom stereocenters. The van der Waals surface area contributed by atoms with Crippen molar-refractivity contribution in [2.45, 2.75) is 45.1 Å². The van der Waals surface area contributed by atoms with Gasteiger partial charge in [0, 0.05) is 18.3 Å². The zero-order valence-corrected chi connectivity index (χ0v) is 13.4. The second kappa shape index (κ2) is 5.91. The van der Waals surface area contributed by atoms with E-state index in [9.17, 15) is 14.9 Å². The van der Waals surface area contributed by atoms with Crippen LogP contribution in [-0.2, 0) is 4.79 Å². The number of hydrogen-bond donors (Lipinski definition) is 0. The maximum absolute atomic E-state index is 12.2. The zero-order valence-electron chi connectivity index (χ0n) is 13.4. The van der Waals surface area contributed by atoms with E-state index in [0.717, 1.165) is 16.7 Å². The van der Waals surface area contributed by atoms with E-state index in [1.54, 1.807) is 19.2 Å². The van der Waals surface area contributed by atoms with Crippen LogP contribution < -0.4 is 4.74 Å². The lowest BCUT2D eigenvalue weighted by atomic mass is 9.66. The lowest BCUT2D eigenvalue weighted by Crippen LogP contribution is -2.52. The SMILES string of the molecule is COc1ccc(C2CC(C)=C(C)CC2(C(C)=O)[N+](=O)[O-])cc1. The van der Waals surface area contributed by atoms with Gasteiger partial charge in [-0.15, -0.1) is 0 Å². The van der Waals surface area contributed by atoms with Gasteiger partial charge in [-0.05, 0) is 38.0 Å². The Morgan fingerprint density at radius 2 is 1.86 bits per heavy atom. The molecule has 0 N–H and O–H groups in total. The third-order valence-corrected chi connectivity index (χ3v) is 4.80. The Bertz CT molecular complexity index is 617. The summed E-state index contributed by atoms with van der Waals surface area (Å²) < 4.78 is 5.13.